The number of nitrogens with one attached hydrogen (secondary N) is 1. The van der Waals surface area contributed by atoms with Crippen LogP contribution >= 0.6 is 15.9 Å². The molecule has 0 spiro atoms. The van der Waals surface area contributed by atoms with Crippen molar-refractivity contribution >= 4 is 15.9 Å². The maximum Gasteiger partial charge on any atom is 0.121 e. The van der Waals surface area contributed by atoms with Crippen LogP contribution in [0.1, 0.15) is 11.6 Å². The second-order valence-corrected chi connectivity index (χ2v) is 4.73. The fourth-order valence-electron chi connectivity index (χ4n) is 1.98. The van der Waals surface area contributed by atoms with E-state index < -0.39 is 0 Å². The molecule has 1 aromatic rings. The number of phenols is 1. The SMILES string of the molecule is CN1CCNCC1c1c(O)cccc1Br. The summed E-state index contributed by atoms with van der Waals surface area (Å²) < 4.78 is 0.975. The molecule has 2 N–H and O–H groups in total. The topological polar surface area (TPSA) is 35.5 Å². The Balaban J connectivity index is 2.35. The molecule has 1 fully saturated rings. The van der Waals surface area contributed by atoms with E-state index in [0.29, 0.717) is 5.75 Å². The predicted octanol–water partition coefficient (Wildman–Crippen LogP) is 1.73. The van der Waals surface area contributed by atoms with Gasteiger partial charge in [-0.05, 0) is 19.2 Å². The number of nitrogens with zero attached hydrogens (tertiary/aromatic N) is 1. The molecule has 0 saturated carbocycles. The largest absolute Gasteiger partial charge is 0.508 e. The Labute approximate surface area is 98.2 Å². The summed E-state index contributed by atoms with van der Waals surface area (Å²) in [5.41, 5.74) is 0.979. The molecule has 0 bridgehead atoms. The van der Waals surface area contributed by atoms with Gasteiger partial charge in [-0.2, -0.15) is 0 Å². The van der Waals surface area contributed by atoms with Gasteiger partial charge in [0.05, 0.1) is 6.04 Å². The highest BCUT2D eigenvalue weighted by atomic mass is 79.9. The quantitative estimate of drug-likeness (QED) is 0.816. The van der Waals surface area contributed by atoms with Gasteiger partial charge in [-0.1, -0.05) is 22.0 Å². The first-order valence-electron chi connectivity index (χ1n) is 5.08. The third kappa shape index (κ3) is 2.17. The molecule has 1 aliphatic rings. The van der Waals surface area contributed by atoms with Gasteiger partial charge in [-0.3, -0.25) is 4.90 Å². The molecule has 4 heteroatoms. The monoisotopic (exact) mass is 270 g/mol. The number of piperazine rings is 1. The van der Waals surface area contributed by atoms with Crippen LogP contribution in [0.5, 0.6) is 5.75 Å². The molecular formula is C11H15BrN2O. The Morgan fingerprint density at radius 2 is 2.33 bits per heavy atom. The van der Waals surface area contributed by atoms with Crippen LogP contribution in [0.2, 0.25) is 0 Å². The summed E-state index contributed by atoms with van der Waals surface area (Å²) in [6, 6.07) is 5.80. The van der Waals surface area contributed by atoms with Crippen LogP contribution in [0.15, 0.2) is 22.7 Å². The fraction of sp³-hybridized carbons (Fsp3) is 0.455. The molecule has 0 aromatic heterocycles. The van der Waals surface area contributed by atoms with Gasteiger partial charge in [-0.25, -0.2) is 0 Å². The van der Waals surface area contributed by atoms with Gasteiger partial charge < -0.3 is 10.4 Å². The van der Waals surface area contributed by atoms with Crippen molar-refractivity contribution in [3.05, 3.63) is 28.2 Å². The molecule has 0 amide bonds. The van der Waals surface area contributed by atoms with Crippen molar-refractivity contribution in [1.82, 2.24) is 10.2 Å². The number of likely N-dealkylation sites (N-methyl/N-ethyl adjacent to an activating group) is 1. The van der Waals surface area contributed by atoms with Crippen molar-refractivity contribution in [3.63, 3.8) is 0 Å². The van der Waals surface area contributed by atoms with Gasteiger partial charge in [0.1, 0.15) is 5.75 Å². The van der Waals surface area contributed by atoms with Crippen LogP contribution in [-0.2, 0) is 0 Å². The van der Waals surface area contributed by atoms with Crippen molar-refractivity contribution in [1.29, 1.82) is 0 Å². The molecule has 1 heterocycles. The number of benzene rings is 1. The minimum absolute atomic E-state index is 0.245. The Morgan fingerprint density at radius 3 is 3.00 bits per heavy atom. The molecule has 1 aliphatic heterocycles. The molecule has 1 unspecified atom stereocenters. The molecule has 0 radical (unpaired) electrons. The molecule has 1 atom stereocenters. The second-order valence-electron chi connectivity index (χ2n) is 3.87. The van der Waals surface area contributed by atoms with Crippen LogP contribution in [0.25, 0.3) is 0 Å². The van der Waals surface area contributed by atoms with Crippen LogP contribution in [0.4, 0.5) is 0 Å². The highest BCUT2D eigenvalue weighted by Crippen LogP contribution is 2.34. The molecular weight excluding hydrogens is 256 g/mol. The fourth-order valence-corrected chi connectivity index (χ4v) is 2.60. The summed E-state index contributed by atoms with van der Waals surface area (Å²) in [4.78, 5) is 2.26. The number of phenolic OH excluding ortho intramolecular Hbond substituents is 1. The highest BCUT2D eigenvalue weighted by molar-refractivity contribution is 9.10. The van der Waals surface area contributed by atoms with E-state index in [-0.39, 0.29) is 6.04 Å². The Hall–Kier alpha value is -0.580. The summed E-state index contributed by atoms with van der Waals surface area (Å²) in [5, 5.41) is 13.2. The Morgan fingerprint density at radius 1 is 1.53 bits per heavy atom. The maximum absolute atomic E-state index is 9.88. The van der Waals surface area contributed by atoms with Gasteiger partial charge >= 0.3 is 0 Å². The molecule has 1 aromatic carbocycles. The van der Waals surface area contributed by atoms with Crippen molar-refractivity contribution < 1.29 is 5.11 Å². The lowest BCUT2D eigenvalue weighted by atomic mass is 10.0. The number of aromatic hydroxyl groups is 1. The van der Waals surface area contributed by atoms with Crippen molar-refractivity contribution in [3.8, 4) is 5.75 Å². The van der Waals surface area contributed by atoms with Crippen LogP contribution in [-0.4, -0.2) is 36.7 Å². The van der Waals surface area contributed by atoms with Crippen molar-refractivity contribution in [2.45, 2.75) is 6.04 Å². The van der Waals surface area contributed by atoms with Gasteiger partial charge in [0.15, 0.2) is 0 Å². The predicted molar refractivity (Wildman–Crippen MR) is 64.0 cm³/mol. The molecule has 82 valence electrons. The van der Waals surface area contributed by atoms with E-state index in [1.807, 2.05) is 12.1 Å². The third-order valence-electron chi connectivity index (χ3n) is 2.87. The summed E-state index contributed by atoms with van der Waals surface area (Å²) >= 11 is 3.50. The smallest absolute Gasteiger partial charge is 0.121 e. The Kier molecular flexibility index (Phi) is 3.29. The lowest BCUT2D eigenvalue weighted by Gasteiger charge is -2.34. The summed E-state index contributed by atoms with van der Waals surface area (Å²) in [6.45, 7) is 2.90. The molecule has 0 aliphatic carbocycles. The maximum atomic E-state index is 9.88. The molecule has 2 rings (SSSR count). The zero-order valence-corrected chi connectivity index (χ0v) is 10.3. The number of halogens is 1. The van der Waals surface area contributed by atoms with E-state index in [1.165, 1.54) is 0 Å². The van der Waals surface area contributed by atoms with E-state index in [4.69, 9.17) is 0 Å². The zero-order valence-electron chi connectivity index (χ0n) is 8.70. The van der Waals surface area contributed by atoms with E-state index in [2.05, 4.69) is 33.2 Å². The lowest BCUT2D eigenvalue weighted by Crippen LogP contribution is -2.43. The van der Waals surface area contributed by atoms with Crippen LogP contribution in [0, 0.1) is 0 Å². The normalized spacial score (nSPS) is 22.9. The van der Waals surface area contributed by atoms with Crippen molar-refractivity contribution in [2.75, 3.05) is 26.7 Å². The first-order chi connectivity index (χ1) is 7.20. The minimum atomic E-state index is 0.245. The molecule has 1 saturated heterocycles. The summed E-state index contributed by atoms with van der Waals surface area (Å²) in [7, 11) is 2.09. The average molecular weight is 271 g/mol. The van der Waals surface area contributed by atoms with E-state index in [0.717, 1.165) is 29.7 Å². The van der Waals surface area contributed by atoms with Gasteiger partial charge in [-0.15, -0.1) is 0 Å². The Bertz CT molecular complexity index is 336. The van der Waals surface area contributed by atoms with Crippen LogP contribution in [0.3, 0.4) is 0 Å². The van der Waals surface area contributed by atoms with Gasteiger partial charge in [0.25, 0.3) is 0 Å². The average Bonchev–Trinajstić information content (AvgIpc) is 2.20. The molecule has 3 nitrogen and oxygen atoms in total. The lowest BCUT2D eigenvalue weighted by molar-refractivity contribution is 0.198. The zero-order chi connectivity index (χ0) is 10.8. The van der Waals surface area contributed by atoms with Gasteiger partial charge in [0.2, 0.25) is 0 Å². The first-order valence-corrected chi connectivity index (χ1v) is 5.88. The highest BCUT2D eigenvalue weighted by Gasteiger charge is 2.24. The first kappa shape index (κ1) is 10.9. The van der Waals surface area contributed by atoms with E-state index in [9.17, 15) is 5.11 Å². The standard InChI is InChI=1S/C11H15BrN2O/c1-14-6-5-13-7-9(14)11-8(12)3-2-4-10(11)15/h2-4,9,13,15H,5-7H2,1H3. The number of rotatable bonds is 1. The van der Waals surface area contributed by atoms with E-state index >= 15 is 0 Å². The van der Waals surface area contributed by atoms with Crippen molar-refractivity contribution in [2.24, 2.45) is 0 Å². The second kappa shape index (κ2) is 4.51. The summed E-state index contributed by atoms with van der Waals surface area (Å²) in [5.74, 6) is 0.366. The van der Waals surface area contributed by atoms with Crippen LogP contribution < -0.4 is 5.32 Å². The number of hydrogen-bond acceptors (Lipinski definition) is 3. The molecule has 15 heavy (non-hydrogen) atoms. The summed E-state index contributed by atoms with van der Waals surface area (Å²) in [6.07, 6.45) is 0. The minimum Gasteiger partial charge on any atom is -0.508 e. The third-order valence-corrected chi connectivity index (χ3v) is 3.57. The van der Waals surface area contributed by atoms with Gasteiger partial charge in [0, 0.05) is 29.7 Å². The van der Waals surface area contributed by atoms with E-state index in [1.54, 1.807) is 6.07 Å². The number of hydrogen-bond donors (Lipinski definition) is 2.